The molecule has 1 aliphatic heterocycles. The van der Waals surface area contributed by atoms with E-state index < -0.39 is 156 Å². The lowest BCUT2D eigenvalue weighted by molar-refractivity contribution is -0.156. The van der Waals surface area contributed by atoms with E-state index in [0.717, 1.165) is 14.7 Å². The average Bonchev–Trinajstić information content (AvgIpc) is 1.66. The first kappa shape index (κ1) is 77.8. The van der Waals surface area contributed by atoms with Gasteiger partial charge in [0, 0.05) is 55.9 Å². The van der Waals surface area contributed by atoms with Crippen LogP contribution in [0.15, 0.2) is 11.6 Å². The normalized spacial score (nSPS) is 26.8. The Hall–Kier alpha value is -6.17. The minimum atomic E-state index is -1.67. The Balaban J connectivity index is 4.35. The van der Waals surface area contributed by atoms with Gasteiger partial charge < -0.3 is 65.8 Å². The SMILES string of the molecule is CCC/C=C(/C)[C@@H](O)[C@H]1C(=O)N[C@@H](CC)C(=O)N(C)CC(=O)N(C)[C@@H](CC(C)CO)C(=O)N[C@@H](C(C)C)C(=O)N(C)[C@@H](CC(C)C)C(=O)N[C@@H](C)C(=O)N[C@H](C)C(=O)N(C)[C@@H](CC(C)C)C(=O)N(C)[C@@H](CC(C)C)C(=O)N(C)[C@@H](C(C)C)C(=O)N1C. The molecule has 492 valence electrons. The number of allylic oxidation sites excluding steroid dienone is 1. The van der Waals surface area contributed by atoms with Crippen LogP contribution in [0.5, 0.6) is 0 Å². The first-order valence-corrected chi connectivity index (χ1v) is 30.8. The molecule has 0 saturated carbocycles. The van der Waals surface area contributed by atoms with Crippen molar-refractivity contribution in [3.8, 4) is 0 Å². The van der Waals surface area contributed by atoms with Crippen molar-refractivity contribution in [2.75, 3.05) is 62.5 Å². The van der Waals surface area contributed by atoms with Gasteiger partial charge in [0.2, 0.25) is 65.0 Å². The summed E-state index contributed by atoms with van der Waals surface area (Å²) in [6.45, 7) is 26.7. The van der Waals surface area contributed by atoms with Crippen LogP contribution in [-0.2, 0) is 52.7 Å². The van der Waals surface area contributed by atoms with Gasteiger partial charge in [-0.2, -0.15) is 0 Å². The highest BCUT2D eigenvalue weighted by atomic mass is 16.3. The predicted molar refractivity (Wildman–Crippen MR) is 330 cm³/mol. The molecule has 24 nitrogen and oxygen atoms in total. The van der Waals surface area contributed by atoms with Crippen molar-refractivity contribution in [1.29, 1.82) is 0 Å². The third-order valence-corrected chi connectivity index (χ3v) is 16.2. The van der Waals surface area contributed by atoms with Gasteiger partial charge in [-0.3, -0.25) is 52.7 Å². The van der Waals surface area contributed by atoms with Gasteiger partial charge in [0.1, 0.15) is 66.5 Å². The zero-order chi connectivity index (χ0) is 66.7. The minimum absolute atomic E-state index is 0.00769. The number of aliphatic hydroxyl groups is 2. The molecule has 0 bridgehead atoms. The zero-order valence-electron chi connectivity index (χ0n) is 56.3. The molecule has 0 aromatic rings. The fraction of sp³-hybridized carbons (Fsp3) is 0.790. The van der Waals surface area contributed by atoms with Crippen LogP contribution < -0.4 is 21.3 Å². The molecule has 1 rings (SSSR count). The largest absolute Gasteiger partial charge is 0.396 e. The Bertz CT molecular complexity index is 2360. The van der Waals surface area contributed by atoms with Gasteiger partial charge in [0.25, 0.3) is 0 Å². The zero-order valence-corrected chi connectivity index (χ0v) is 56.3. The molecule has 6 N–H and O–H groups in total. The fourth-order valence-corrected chi connectivity index (χ4v) is 10.6. The molecule has 0 aliphatic carbocycles. The number of hydrogen-bond donors (Lipinski definition) is 6. The van der Waals surface area contributed by atoms with Crippen molar-refractivity contribution in [1.82, 2.24) is 55.6 Å². The molecule has 24 heteroatoms. The minimum Gasteiger partial charge on any atom is -0.396 e. The number of nitrogens with one attached hydrogen (secondary N) is 4. The molecule has 0 aromatic carbocycles. The van der Waals surface area contributed by atoms with Crippen LogP contribution in [-0.4, -0.2) is 238 Å². The third-order valence-electron chi connectivity index (χ3n) is 16.2. The Morgan fingerprint density at radius 3 is 1.41 bits per heavy atom. The maximum absolute atomic E-state index is 15.1. The molecule has 1 heterocycles. The summed E-state index contributed by atoms with van der Waals surface area (Å²) in [5.74, 6) is -10.0. The van der Waals surface area contributed by atoms with Crippen LogP contribution in [0, 0.1) is 35.5 Å². The van der Waals surface area contributed by atoms with E-state index in [0.29, 0.717) is 18.4 Å². The summed E-state index contributed by atoms with van der Waals surface area (Å²) in [6.07, 6.45) is 1.70. The highest BCUT2D eigenvalue weighted by Crippen LogP contribution is 2.25. The third kappa shape index (κ3) is 21.6. The summed E-state index contributed by atoms with van der Waals surface area (Å²) >= 11 is 0. The number of unbranched alkanes of at least 4 members (excludes halogenated alkanes) is 1. The molecule has 12 atom stereocenters. The van der Waals surface area contributed by atoms with E-state index in [4.69, 9.17) is 0 Å². The highest BCUT2D eigenvalue weighted by molar-refractivity contribution is 5.99. The lowest BCUT2D eigenvalue weighted by Crippen LogP contribution is -2.63. The summed E-state index contributed by atoms with van der Waals surface area (Å²) < 4.78 is 0. The highest BCUT2D eigenvalue weighted by Gasteiger charge is 2.45. The molecular weight excluding hydrogens is 1110 g/mol. The van der Waals surface area contributed by atoms with Crippen LogP contribution in [0.4, 0.5) is 0 Å². The number of aliphatic hydroxyl groups excluding tert-OH is 2. The number of amides is 11. The van der Waals surface area contributed by atoms with Crippen molar-refractivity contribution in [3.05, 3.63) is 11.6 Å². The Labute approximate surface area is 513 Å². The average molecular weight is 1220 g/mol. The van der Waals surface area contributed by atoms with Crippen molar-refractivity contribution in [2.24, 2.45) is 35.5 Å². The molecule has 1 unspecified atom stereocenters. The van der Waals surface area contributed by atoms with Gasteiger partial charge in [0.15, 0.2) is 0 Å². The molecule has 1 saturated heterocycles. The van der Waals surface area contributed by atoms with E-state index in [1.165, 1.54) is 82.8 Å². The smallest absolute Gasteiger partial charge is 0.246 e. The maximum Gasteiger partial charge on any atom is 0.246 e. The molecule has 0 spiro atoms. The second-order valence-corrected chi connectivity index (χ2v) is 25.9. The summed E-state index contributed by atoms with van der Waals surface area (Å²) in [4.78, 5) is 168. The quantitative estimate of drug-likeness (QED) is 0.121. The number of rotatable bonds is 16. The van der Waals surface area contributed by atoms with E-state index in [9.17, 15) is 53.4 Å². The van der Waals surface area contributed by atoms with E-state index >= 15 is 9.59 Å². The van der Waals surface area contributed by atoms with Gasteiger partial charge >= 0.3 is 0 Å². The van der Waals surface area contributed by atoms with Crippen molar-refractivity contribution in [3.63, 3.8) is 0 Å². The van der Waals surface area contributed by atoms with Gasteiger partial charge in [-0.05, 0) is 100 Å². The second kappa shape index (κ2) is 35.6. The van der Waals surface area contributed by atoms with E-state index in [1.807, 2.05) is 48.5 Å². The number of carbonyl (C=O) groups excluding carboxylic acids is 11. The topological polar surface area (TPSA) is 299 Å². The number of hydrogen-bond acceptors (Lipinski definition) is 13. The van der Waals surface area contributed by atoms with Gasteiger partial charge in [-0.15, -0.1) is 0 Å². The van der Waals surface area contributed by atoms with E-state index in [1.54, 1.807) is 54.5 Å². The molecule has 11 amide bonds. The molecule has 1 aliphatic rings. The molecule has 0 aromatic heterocycles. The monoisotopic (exact) mass is 1220 g/mol. The van der Waals surface area contributed by atoms with Crippen molar-refractivity contribution < 1.29 is 63.0 Å². The standard InChI is InChI=1S/C62H111N11O13/c1-24-26-27-40(14)52(76)51-56(80)65-43(25-2)58(82)67(17)32-48(75)68(18)45(31-39(13)33-74)55(79)66-49(37(9)10)61(85)69(19)44(28-34(3)4)54(78)63-41(15)53(77)64-42(16)57(81)70(20)46(29-35(5)6)59(83)71(21)47(30-36(7)8)60(84)72(22)50(38(11)12)62(86)73(51)23/h27,34-39,41-47,49-52,74,76H,24-26,28-33H2,1-23H3,(H,63,78)(H,64,77)(H,65,80)(H,66,79)/b40-27-/t39?,41-,42+,43-,44-,45-,46-,47-,49-,50-,51-,52+/m0/s1. The van der Waals surface area contributed by atoms with E-state index in [-0.39, 0.29) is 56.5 Å². The lowest BCUT2D eigenvalue weighted by atomic mass is 9.94. The van der Waals surface area contributed by atoms with Crippen LogP contribution >= 0.6 is 0 Å². The first-order valence-electron chi connectivity index (χ1n) is 30.8. The number of nitrogens with zero attached hydrogens (tertiary/aromatic N) is 7. The first-order chi connectivity index (χ1) is 39.7. The Kier molecular flexibility index (Phi) is 32.2. The molecular formula is C62H111N11O13. The molecule has 1 fully saturated rings. The van der Waals surface area contributed by atoms with Gasteiger partial charge in [-0.1, -0.05) is 103 Å². The Morgan fingerprint density at radius 1 is 0.500 bits per heavy atom. The summed E-state index contributed by atoms with van der Waals surface area (Å²) in [5.41, 5.74) is 0.358. The second-order valence-electron chi connectivity index (χ2n) is 25.9. The summed E-state index contributed by atoms with van der Waals surface area (Å²) in [5, 5.41) is 33.1. The van der Waals surface area contributed by atoms with Gasteiger partial charge in [0.05, 0.1) is 6.54 Å². The summed E-state index contributed by atoms with van der Waals surface area (Å²) in [7, 11) is 9.73. The van der Waals surface area contributed by atoms with Crippen LogP contribution in [0.3, 0.4) is 0 Å². The predicted octanol–water partition coefficient (Wildman–Crippen LogP) is 2.39. The molecule has 0 radical (unpaired) electrons. The van der Waals surface area contributed by atoms with Crippen LogP contribution in [0.2, 0.25) is 0 Å². The van der Waals surface area contributed by atoms with E-state index in [2.05, 4.69) is 21.3 Å². The Morgan fingerprint density at radius 2 is 0.942 bits per heavy atom. The summed E-state index contributed by atoms with van der Waals surface area (Å²) in [6, 6.07) is -12.8. The number of carbonyl (C=O) groups is 11. The van der Waals surface area contributed by atoms with Crippen LogP contribution in [0.1, 0.15) is 156 Å². The number of likely N-dealkylation sites (N-methyl/N-ethyl adjacent to an activating group) is 7. The molecule has 86 heavy (non-hydrogen) atoms. The maximum atomic E-state index is 15.1. The van der Waals surface area contributed by atoms with Crippen LogP contribution in [0.25, 0.3) is 0 Å². The lowest BCUT2D eigenvalue weighted by Gasteiger charge is -2.41. The van der Waals surface area contributed by atoms with Crippen molar-refractivity contribution >= 4 is 65.0 Å². The van der Waals surface area contributed by atoms with Gasteiger partial charge in [-0.25, -0.2) is 0 Å². The van der Waals surface area contributed by atoms with Crippen molar-refractivity contribution in [2.45, 2.75) is 222 Å². The fourth-order valence-electron chi connectivity index (χ4n) is 10.6.